The van der Waals surface area contributed by atoms with Gasteiger partial charge in [-0.15, -0.1) is 0 Å². The summed E-state index contributed by atoms with van der Waals surface area (Å²) in [5.41, 5.74) is 1.26. The Bertz CT molecular complexity index is 466. The van der Waals surface area contributed by atoms with Gasteiger partial charge in [0.05, 0.1) is 13.2 Å². The van der Waals surface area contributed by atoms with Gasteiger partial charge in [-0.2, -0.15) is 0 Å². The number of nitrogens with zero attached hydrogens (tertiary/aromatic N) is 2. The number of aliphatic imine (C=N–C) groups is 1. The van der Waals surface area contributed by atoms with Gasteiger partial charge in [0.2, 0.25) is 0 Å². The molecule has 136 valence electrons. The van der Waals surface area contributed by atoms with E-state index in [0.717, 1.165) is 49.5 Å². The molecule has 0 saturated heterocycles. The van der Waals surface area contributed by atoms with E-state index in [-0.39, 0.29) is 0 Å². The predicted octanol–water partition coefficient (Wildman–Crippen LogP) is 3.29. The van der Waals surface area contributed by atoms with Crippen molar-refractivity contribution in [3.8, 4) is 0 Å². The fourth-order valence-electron chi connectivity index (χ4n) is 2.15. The second-order valence-corrected chi connectivity index (χ2v) is 6.45. The van der Waals surface area contributed by atoms with E-state index in [9.17, 15) is 0 Å². The topological polar surface area (TPSA) is 46.1 Å². The third-order valence-corrected chi connectivity index (χ3v) is 3.95. The van der Waals surface area contributed by atoms with Crippen LogP contribution < -0.4 is 5.32 Å². The SMILES string of the molecule is CCNC(=NCCCCOCCOC)N(C)Cc1ccc(Br)cc1. The van der Waals surface area contributed by atoms with E-state index in [2.05, 4.69) is 64.4 Å². The minimum atomic E-state index is 0.656. The Morgan fingerprint density at radius 1 is 1.17 bits per heavy atom. The van der Waals surface area contributed by atoms with E-state index in [1.54, 1.807) is 7.11 Å². The van der Waals surface area contributed by atoms with Crippen LogP contribution in [0.1, 0.15) is 25.3 Å². The molecule has 0 heterocycles. The number of nitrogens with one attached hydrogen (secondary N) is 1. The van der Waals surface area contributed by atoms with E-state index in [0.29, 0.717) is 13.2 Å². The maximum atomic E-state index is 5.46. The zero-order valence-electron chi connectivity index (χ0n) is 15.1. The molecule has 5 nitrogen and oxygen atoms in total. The van der Waals surface area contributed by atoms with E-state index in [1.165, 1.54) is 5.56 Å². The minimum Gasteiger partial charge on any atom is -0.382 e. The molecule has 0 atom stereocenters. The van der Waals surface area contributed by atoms with Crippen LogP contribution in [0.4, 0.5) is 0 Å². The number of halogens is 1. The van der Waals surface area contributed by atoms with Gasteiger partial charge in [0.25, 0.3) is 0 Å². The average molecular weight is 400 g/mol. The molecule has 0 bridgehead atoms. The molecular weight excluding hydrogens is 370 g/mol. The summed E-state index contributed by atoms with van der Waals surface area (Å²) in [6.45, 7) is 6.68. The molecule has 0 unspecified atom stereocenters. The number of unbranched alkanes of at least 4 members (excludes halogenated alkanes) is 1. The summed E-state index contributed by atoms with van der Waals surface area (Å²) in [6.07, 6.45) is 2.04. The Hall–Kier alpha value is -1.11. The van der Waals surface area contributed by atoms with Gasteiger partial charge in [-0.3, -0.25) is 4.99 Å². The Balaban J connectivity index is 2.36. The Labute approximate surface area is 154 Å². The first-order chi connectivity index (χ1) is 11.7. The van der Waals surface area contributed by atoms with E-state index < -0.39 is 0 Å². The lowest BCUT2D eigenvalue weighted by Gasteiger charge is -2.22. The van der Waals surface area contributed by atoms with Gasteiger partial charge >= 0.3 is 0 Å². The summed E-state index contributed by atoms with van der Waals surface area (Å²) in [6, 6.07) is 8.39. The fraction of sp³-hybridized carbons (Fsp3) is 0.611. The van der Waals surface area contributed by atoms with Crippen LogP contribution >= 0.6 is 15.9 Å². The highest BCUT2D eigenvalue weighted by Crippen LogP contribution is 2.11. The van der Waals surface area contributed by atoms with Crippen molar-refractivity contribution in [3.63, 3.8) is 0 Å². The van der Waals surface area contributed by atoms with Crippen molar-refractivity contribution in [1.82, 2.24) is 10.2 Å². The molecular formula is C18H30BrN3O2. The first-order valence-corrected chi connectivity index (χ1v) is 9.27. The van der Waals surface area contributed by atoms with Crippen molar-refractivity contribution < 1.29 is 9.47 Å². The lowest BCUT2D eigenvalue weighted by Crippen LogP contribution is -2.38. The van der Waals surface area contributed by atoms with Gasteiger partial charge in [0.1, 0.15) is 0 Å². The number of ether oxygens (including phenoxy) is 2. The zero-order valence-corrected chi connectivity index (χ0v) is 16.6. The van der Waals surface area contributed by atoms with Crippen LogP contribution in [0.3, 0.4) is 0 Å². The lowest BCUT2D eigenvalue weighted by atomic mass is 10.2. The van der Waals surface area contributed by atoms with Gasteiger partial charge in [-0.1, -0.05) is 28.1 Å². The minimum absolute atomic E-state index is 0.656. The highest BCUT2D eigenvalue weighted by molar-refractivity contribution is 9.10. The van der Waals surface area contributed by atoms with Crippen molar-refractivity contribution in [2.75, 3.05) is 47.1 Å². The quantitative estimate of drug-likeness (QED) is 0.352. The van der Waals surface area contributed by atoms with Crippen molar-refractivity contribution in [1.29, 1.82) is 0 Å². The van der Waals surface area contributed by atoms with Gasteiger partial charge < -0.3 is 19.7 Å². The molecule has 0 aliphatic rings. The fourth-order valence-corrected chi connectivity index (χ4v) is 2.42. The molecule has 1 aromatic carbocycles. The number of methoxy groups -OCH3 is 1. The normalized spacial score (nSPS) is 11.6. The number of hydrogen-bond acceptors (Lipinski definition) is 3. The molecule has 6 heteroatoms. The number of benzene rings is 1. The largest absolute Gasteiger partial charge is 0.382 e. The van der Waals surface area contributed by atoms with Crippen molar-refractivity contribution in [3.05, 3.63) is 34.3 Å². The van der Waals surface area contributed by atoms with Crippen molar-refractivity contribution in [2.24, 2.45) is 4.99 Å². The molecule has 0 aliphatic heterocycles. The molecule has 0 radical (unpaired) electrons. The van der Waals surface area contributed by atoms with Crippen LogP contribution in [0, 0.1) is 0 Å². The summed E-state index contributed by atoms with van der Waals surface area (Å²) >= 11 is 3.47. The molecule has 0 aliphatic carbocycles. The smallest absolute Gasteiger partial charge is 0.193 e. The second-order valence-electron chi connectivity index (χ2n) is 5.53. The van der Waals surface area contributed by atoms with Crippen LogP contribution in [0.25, 0.3) is 0 Å². The van der Waals surface area contributed by atoms with Crippen LogP contribution in [-0.2, 0) is 16.0 Å². The maximum absolute atomic E-state index is 5.46. The molecule has 0 spiro atoms. The van der Waals surface area contributed by atoms with Crippen LogP contribution in [0.5, 0.6) is 0 Å². The van der Waals surface area contributed by atoms with Gasteiger partial charge in [-0.25, -0.2) is 0 Å². The summed E-state index contributed by atoms with van der Waals surface area (Å²) in [7, 11) is 3.75. The molecule has 1 N–H and O–H groups in total. The Kier molecular flexibility index (Phi) is 11.5. The zero-order chi connectivity index (χ0) is 17.6. The highest BCUT2D eigenvalue weighted by Gasteiger charge is 2.06. The van der Waals surface area contributed by atoms with Crippen molar-refractivity contribution in [2.45, 2.75) is 26.3 Å². The third-order valence-electron chi connectivity index (χ3n) is 3.42. The average Bonchev–Trinajstić information content (AvgIpc) is 2.58. The van der Waals surface area contributed by atoms with Crippen molar-refractivity contribution >= 4 is 21.9 Å². The van der Waals surface area contributed by atoms with Crippen LogP contribution in [0.15, 0.2) is 33.7 Å². The molecule has 1 aromatic rings. The number of hydrogen-bond donors (Lipinski definition) is 1. The van der Waals surface area contributed by atoms with Crippen LogP contribution in [0.2, 0.25) is 0 Å². The van der Waals surface area contributed by atoms with Gasteiger partial charge in [0.15, 0.2) is 5.96 Å². The van der Waals surface area contributed by atoms with E-state index >= 15 is 0 Å². The summed E-state index contributed by atoms with van der Waals surface area (Å²) in [4.78, 5) is 6.86. The molecule has 0 amide bonds. The second kappa shape index (κ2) is 13.2. The lowest BCUT2D eigenvalue weighted by molar-refractivity contribution is 0.0690. The van der Waals surface area contributed by atoms with Gasteiger partial charge in [-0.05, 0) is 37.5 Å². The molecule has 0 saturated carbocycles. The molecule has 24 heavy (non-hydrogen) atoms. The number of guanidine groups is 1. The molecule has 0 aromatic heterocycles. The predicted molar refractivity (Wildman–Crippen MR) is 104 cm³/mol. The maximum Gasteiger partial charge on any atom is 0.193 e. The molecule has 0 fully saturated rings. The summed E-state index contributed by atoms with van der Waals surface area (Å²) < 4.78 is 11.5. The Morgan fingerprint density at radius 2 is 1.92 bits per heavy atom. The third kappa shape index (κ3) is 9.25. The first-order valence-electron chi connectivity index (χ1n) is 8.48. The van der Waals surface area contributed by atoms with Crippen LogP contribution in [-0.4, -0.2) is 57.9 Å². The standard InChI is InChI=1S/C18H30BrN3O2/c1-4-20-18(21-11-5-6-12-24-14-13-23-3)22(2)15-16-7-9-17(19)10-8-16/h7-10H,4-6,11-15H2,1-3H3,(H,20,21). The summed E-state index contributed by atoms with van der Waals surface area (Å²) in [5.74, 6) is 0.945. The monoisotopic (exact) mass is 399 g/mol. The van der Waals surface area contributed by atoms with E-state index in [1.807, 2.05) is 0 Å². The first kappa shape index (κ1) is 20.9. The summed E-state index contributed by atoms with van der Waals surface area (Å²) in [5, 5.41) is 3.35. The highest BCUT2D eigenvalue weighted by atomic mass is 79.9. The van der Waals surface area contributed by atoms with E-state index in [4.69, 9.17) is 14.5 Å². The Morgan fingerprint density at radius 3 is 2.58 bits per heavy atom. The number of rotatable bonds is 11. The van der Waals surface area contributed by atoms with Gasteiger partial charge in [0, 0.05) is 44.9 Å². The molecule has 1 rings (SSSR count).